The Hall–Kier alpha value is -1.46. The predicted octanol–water partition coefficient (Wildman–Crippen LogP) is 6.49. The first-order valence-electron chi connectivity index (χ1n) is 12.7. The maximum absolute atomic E-state index is 12.3. The molecule has 1 aromatic rings. The van der Waals surface area contributed by atoms with E-state index < -0.39 is 10.1 Å². The molecule has 0 saturated heterocycles. The Bertz CT molecular complexity index is 1120. The van der Waals surface area contributed by atoms with E-state index in [0.717, 1.165) is 48.8 Å². The summed E-state index contributed by atoms with van der Waals surface area (Å²) in [6, 6.07) is 5.32. The topological polar surface area (TPSA) is 71.4 Å². The van der Waals surface area contributed by atoms with Crippen molar-refractivity contribution in [3.05, 3.63) is 41.0 Å². The molecule has 4 aliphatic rings. The Morgan fingerprint density at radius 1 is 1.06 bits per heavy atom. The summed E-state index contributed by atoms with van der Waals surface area (Å²) in [5, 5.41) is 0. The Balaban J connectivity index is 1.40. The lowest BCUT2D eigenvalue weighted by molar-refractivity contribution is -0.119. The summed E-state index contributed by atoms with van der Waals surface area (Å²) in [6.07, 6.45) is 11.1. The van der Waals surface area contributed by atoms with Crippen LogP contribution in [0.25, 0.3) is 0 Å². The van der Waals surface area contributed by atoms with Gasteiger partial charge in [-0.1, -0.05) is 37.6 Å². The van der Waals surface area contributed by atoms with E-state index in [0.29, 0.717) is 23.7 Å². The van der Waals surface area contributed by atoms with E-state index in [2.05, 4.69) is 19.9 Å². The molecule has 0 radical (unpaired) electrons. The van der Waals surface area contributed by atoms with Crippen molar-refractivity contribution in [1.82, 2.24) is 0 Å². The number of carbonyl (C=O) groups excluding carboxylic acids is 1. The molecule has 0 bridgehead atoms. The number of ketones is 1. The number of carbonyl (C=O) groups is 1. The molecule has 1 N–H and O–H groups in total. The van der Waals surface area contributed by atoms with Crippen LogP contribution in [0.15, 0.2) is 34.7 Å². The van der Waals surface area contributed by atoms with Crippen LogP contribution in [0.2, 0.25) is 0 Å². The molecule has 0 amide bonds. The zero-order valence-corrected chi connectivity index (χ0v) is 21.2. The molecule has 5 heteroatoms. The molecule has 0 spiro atoms. The Morgan fingerprint density at radius 3 is 2.52 bits per heavy atom. The largest absolute Gasteiger partial charge is 0.295 e. The van der Waals surface area contributed by atoms with Gasteiger partial charge in [-0.25, -0.2) is 0 Å². The van der Waals surface area contributed by atoms with Gasteiger partial charge in [0.15, 0.2) is 5.78 Å². The number of fused-ring (bicyclic) bond motifs is 5. The highest BCUT2D eigenvalue weighted by molar-refractivity contribution is 7.85. The molecule has 0 heterocycles. The van der Waals surface area contributed by atoms with E-state index in [1.807, 2.05) is 13.0 Å². The second-order valence-electron chi connectivity index (χ2n) is 12.0. The van der Waals surface area contributed by atoms with E-state index in [-0.39, 0.29) is 27.4 Å². The normalized spacial score (nSPS) is 40.4. The van der Waals surface area contributed by atoms with Gasteiger partial charge in [-0.05, 0) is 123 Å². The van der Waals surface area contributed by atoms with Gasteiger partial charge in [-0.2, -0.15) is 8.42 Å². The lowest BCUT2D eigenvalue weighted by Gasteiger charge is -2.61. The molecule has 33 heavy (non-hydrogen) atoms. The Labute approximate surface area is 199 Å². The first-order chi connectivity index (χ1) is 15.4. The zero-order chi connectivity index (χ0) is 23.8. The average molecular weight is 471 g/mol. The fraction of sp³-hybridized carbons (Fsp3) is 0.679. The highest BCUT2D eigenvalue weighted by Gasteiger charge is 2.59. The van der Waals surface area contributed by atoms with Crippen LogP contribution in [0, 0.1) is 41.4 Å². The lowest BCUT2D eigenvalue weighted by Crippen LogP contribution is -2.53. The van der Waals surface area contributed by atoms with Crippen LogP contribution in [-0.4, -0.2) is 18.8 Å². The molecule has 7 atom stereocenters. The zero-order valence-electron chi connectivity index (χ0n) is 20.4. The molecule has 0 aliphatic heterocycles. The third-order valence-corrected chi connectivity index (χ3v) is 11.4. The minimum absolute atomic E-state index is 0.0549. The van der Waals surface area contributed by atoms with Gasteiger partial charge in [-0.15, -0.1) is 0 Å². The molecule has 0 aromatic heterocycles. The molecule has 4 aliphatic carbocycles. The second-order valence-corrected chi connectivity index (χ2v) is 13.4. The van der Waals surface area contributed by atoms with Crippen molar-refractivity contribution in [2.24, 2.45) is 34.5 Å². The van der Waals surface area contributed by atoms with Gasteiger partial charge >= 0.3 is 0 Å². The third kappa shape index (κ3) is 3.56. The molecule has 180 valence electrons. The molecular weight excluding hydrogens is 432 g/mol. The van der Waals surface area contributed by atoms with Crippen LogP contribution in [-0.2, 0) is 14.9 Å². The number of Topliss-reactive ketones (excluding diaryl/α,β-unsaturated/α-hetero) is 1. The van der Waals surface area contributed by atoms with Crippen molar-refractivity contribution in [3.63, 3.8) is 0 Å². The first kappa shape index (κ1) is 23.3. The minimum Gasteiger partial charge on any atom is -0.295 e. The van der Waals surface area contributed by atoms with Crippen LogP contribution in [0.5, 0.6) is 0 Å². The molecule has 3 saturated carbocycles. The number of aryl methyl sites for hydroxylation is 1. The molecule has 1 aromatic carbocycles. The highest BCUT2D eigenvalue weighted by Crippen LogP contribution is 2.67. The molecular formula is C28H38O4S. The third-order valence-electron chi connectivity index (χ3n) is 10.5. The van der Waals surface area contributed by atoms with Gasteiger partial charge in [0.05, 0.1) is 4.90 Å². The average Bonchev–Trinajstić information content (AvgIpc) is 3.09. The van der Waals surface area contributed by atoms with Crippen molar-refractivity contribution in [1.29, 1.82) is 0 Å². The van der Waals surface area contributed by atoms with Crippen molar-refractivity contribution < 1.29 is 17.8 Å². The van der Waals surface area contributed by atoms with Crippen LogP contribution in [0.1, 0.15) is 89.2 Å². The van der Waals surface area contributed by atoms with Crippen LogP contribution in [0.4, 0.5) is 0 Å². The maximum atomic E-state index is 12.3. The maximum Gasteiger partial charge on any atom is 0.294 e. The monoisotopic (exact) mass is 470 g/mol. The van der Waals surface area contributed by atoms with E-state index in [1.165, 1.54) is 19.3 Å². The predicted molar refractivity (Wildman–Crippen MR) is 130 cm³/mol. The fourth-order valence-electron chi connectivity index (χ4n) is 8.88. The first-order valence-corrected chi connectivity index (χ1v) is 14.2. The smallest absolute Gasteiger partial charge is 0.294 e. The summed E-state index contributed by atoms with van der Waals surface area (Å²) in [5.41, 5.74) is 3.26. The van der Waals surface area contributed by atoms with Gasteiger partial charge < -0.3 is 0 Å². The summed E-state index contributed by atoms with van der Waals surface area (Å²) in [4.78, 5) is 12.4. The van der Waals surface area contributed by atoms with Gasteiger partial charge in [0.2, 0.25) is 0 Å². The van der Waals surface area contributed by atoms with Gasteiger partial charge in [-0.3, -0.25) is 9.35 Å². The summed E-state index contributed by atoms with van der Waals surface area (Å²) >= 11 is 0. The molecule has 5 rings (SSSR count). The Kier molecular flexibility index (Phi) is 5.49. The SMILES string of the molecule is CC(=O)C1=CC[C@H]2[C@@H]3CCC4C[C@@H](c5cc(C)ccc5S(=O)(=O)O)CC[C@]4(C)[C@H]3CC[C@]12C. The lowest BCUT2D eigenvalue weighted by atomic mass is 9.44. The molecule has 1 unspecified atom stereocenters. The van der Waals surface area contributed by atoms with Crippen molar-refractivity contribution in [2.45, 2.75) is 89.9 Å². The number of benzene rings is 1. The number of hydrogen-bond donors (Lipinski definition) is 1. The van der Waals surface area contributed by atoms with Gasteiger partial charge in [0.25, 0.3) is 10.1 Å². The van der Waals surface area contributed by atoms with Gasteiger partial charge in [0, 0.05) is 0 Å². The molecule has 4 nitrogen and oxygen atoms in total. The van der Waals surface area contributed by atoms with Crippen molar-refractivity contribution >= 4 is 15.9 Å². The number of rotatable bonds is 3. The fourth-order valence-corrected chi connectivity index (χ4v) is 9.64. The minimum atomic E-state index is -4.23. The van der Waals surface area contributed by atoms with E-state index in [1.54, 1.807) is 19.1 Å². The van der Waals surface area contributed by atoms with Crippen LogP contribution in [0.3, 0.4) is 0 Å². The summed E-state index contributed by atoms with van der Waals surface area (Å²) < 4.78 is 34.0. The molecule has 3 fully saturated rings. The second kappa shape index (κ2) is 7.78. The number of allylic oxidation sites excluding steroid dienone is 2. The van der Waals surface area contributed by atoms with Crippen LogP contribution < -0.4 is 0 Å². The standard InChI is InChI=1S/C28H38O4S/c1-17-5-10-26(33(30,31)32)22(15-17)19-11-13-27(3)20(16-19)6-7-21-24-9-8-23(18(2)29)28(24,4)14-12-25(21)27/h5,8,10,15,19-21,24-25H,6-7,9,11-14,16H2,1-4H3,(H,30,31,32)/t19-,20?,21-,24-,25-,27-,28+/m0/s1. The Morgan fingerprint density at radius 2 is 1.82 bits per heavy atom. The number of hydrogen-bond acceptors (Lipinski definition) is 3. The quantitative estimate of drug-likeness (QED) is 0.512. The summed E-state index contributed by atoms with van der Waals surface area (Å²) in [5.74, 6) is 2.98. The highest BCUT2D eigenvalue weighted by atomic mass is 32.2. The van der Waals surface area contributed by atoms with Gasteiger partial charge in [0.1, 0.15) is 0 Å². The van der Waals surface area contributed by atoms with Crippen molar-refractivity contribution in [2.75, 3.05) is 0 Å². The summed E-state index contributed by atoms with van der Waals surface area (Å²) in [6.45, 7) is 8.56. The summed E-state index contributed by atoms with van der Waals surface area (Å²) in [7, 11) is -4.23. The van der Waals surface area contributed by atoms with Crippen molar-refractivity contribution in [3.8, 4) is 0 Å². The van der Waals surface area contributed by atoms with E-state index in [9.17, 15) is 17.8 Å². The van der Waals surface area contributed by atoms with Crippen LogP contribution >= 0.6 is 0 Å². The van der Waals surface area contributed by atoms with E-state index >= 15 is 0 Å². The van der Waals surface area contributed by atoms with E-state index in [4.69, 9.17) is 0 Å².